The molecule has 0 radical (unpaired) electrons. The molecule has 0 aliphatic rings. The first-order valence-corrected chi connectivity index (χ1v) is 11.0. The number of benzene rings is 3. The van der Waals surface area contributed by atoms with Gasteiger partial charge in [0.15, 0.2) is 5.82 Å². The van der Waals surface area contributed by atoms with Gasteiger partial charge in [-0.05, 0) is 54.6 Å². The number of rotatable bonds is 6. The van der Waals surface area contributed by atoms with Crippen molar-refractivity contribution in [2.24, 2.45) is 0 Å². The highest BCUT2D eigenvalue weighted by Crippen LogP contribution is 2.38. The number of aromatic amines is 1. The maximum Gasteiger partial charge on any atom is 0.418 e. The molecule has 0 aliphatic carbocycles. The van der Waals surface area contributed by atoms with Crippen LogP contribution in [0.3, 0.4) is 0 Å². The molecular formula is C24H15ClF5N5O3. The van der Waals surface area contributed by atoms with Crippen LogP contribution in [0.1, 0.15) is 11.4 Å². The number of nitrogens with one attached hydrogen (secondary N) is 3. The second-order valence-electron chi connectivity index (χ2n) is 7.63. The molecule has 14 heteroatoms. The summed E-state index contributed by atoms with van der Waals surface area (Å²) < 4.78 is 72.6. The van der Waals surface area contributed by atoms with E-state index in [9.17, 15) is 31.5 Å². The van der Waals surface area contributed by atoms with Gasteiger partial charge in [-0.2, -0.15) is 18.3 Å². The largest absolute Gasteiger partial charge is 0.457 e. The van der Waals surface area contributed by atoms with E-state index < -0.39 is 40.9 Å². The highest BCUT2D eigenvalue weighted by Gasteiger charge is 2.35. The third-order valence-electron chi connectivity index (χ3n) is 4.93. The molecule has 4 rings (SSSR count). The maximum absolute atomic E-state index is 13.7. The van der Waals surface area contributed by atoms with Crippen LogP contribution < -0.4 is 15.4 Å². The van der Waals surface area contributed by atoms with Crippen molar-refractivity contribution in [1.29, 1.82) is 0 Å². The number of ether oxygens (including phenoxy) is 1. The van der Waals surface area contributed by atoms with Crippen molar-refractivity contribution < 1.29 is 36.3 Å². The SMILES string of the molecule is O=C(NCc1nc(-c2ccc(F)cc2)n[nH]1)C(=O)Nc1ccc(Oc2ccc(F)c(Cl)c2)cc1C(F)(F)F. The lowest BCUT2D eigenvalue weighted by Gasteiger charge is -2.15. The van der Waals surface area contributed by atoms with E-state index in [2.05, 4.69) is 20.5 Å². The highest BCUT2D eigenvalue weighted by atomic mass is 35.5. The Bertz CT molecular complexity index is 1490. The number of halogens is 6. The topological polar surface area (TPSA) is 109 Å². The molecule has 3 N–H and O–H groups in total. The first-order chi connectivity index (χ1) is 18.0. The minimum atomic E-state index is -4.92. The number of hydrogen-bond donors (Lipinski definition) is 3. The van der Waals surface area contributed by atoms with Crippen LogP contribution in [-0.2, 0) is 22.3 Å². The summed E-state index contributed by atoms with van der Waals surface area (Å²) >= 11 is 5.65. The molecule has 0 bridgehead atoms. The summed E-state index contributed by atoms with van der Waals surface area (Å²) in [6.45, 7) is -0.292. The molecule has 3 aromatic carbocycles. The molecular weight excluding hydrogens is 537 g/mol. The van der Waals surface area contributed by atoms with Crippen molar-refractivity contribution in [1.82, 2.24) is 20.5 Å². The quantitative estimate of drug-likeness (QED) is 0.217. The van der Waals surface area contributed by atoms with Gasteiger partial charge in [0.25, 0.3) is 0 Å². The van der Waals surface area contributed by atoms with Crippen LogP contribution in [0.4, 0.5) is 27.6 Å². The molecule has 1 aromatic heterocycles. The molecule has 0 saturated carbocycles. The van der Waals surface area contributed by atoms with Gasteiger partial charge in [-0.15, -0.1) is 0 Å². The normalized spacial score (nSPS) is 11.2. The predicted octanol–water partition coefficient (Wildman–Crippen LogP) is 5.47. The number of hydrogen-bond acceptors (Lipinski definition) is 5. The molecule has 196 valence electrons. The van der Waals surface area contributed by atoms with Crippen LogP contribution >= 0.6 is 11.6 Å². The van der Waals surface area contributed by atoms with Gasteiger partial charge in [-0.1, -0.05) is 11.6 Å². The van der Waals surface area contributed by atoms with Crippen molar-refractivity contribution in [3.63, 3.8) is 0 Å². The van der Waals surface area contributed by atoms with E-state index >= 15 is 0 Å². The second kappa shape index (κ2) is 10.8. The van der Waals surface area contributed by atoms with Gasteiger partial charge in [0.2, 0.25) is 0 Å². The summed E-state index contributed by atoms with van der Waals surface area (Å²) in [5.74, 6) is -3.73. The summed E-state index contributed by atoms with van der Waals surface area (Å²) in [5.41, 5.74) is -1.49. The van der Waals surface area contributed by atoms with Crippen molar-refractivity contribution in [3.05, 3.63) is 88.7 Å². The van der Waals surface area contributed by atoms with E-state index in [1.54, 1.807) is 0 Å². The molecule has 0 fully saturated rings. The monoisotopic (exact) mass is 551 g/mol. The third-order valence-corrected chi connectivity index (χ3v) is 5.22. The Morgan fingerprint density at radius 3 is 2.32 bits per heavy atom. The number of carbonyl (C=O) groups is 2. The number of amides is 2. The Hall–Kier alpha value is -4.52. The molecule has 38 heavy (non-hydrogen) atoms. The maximum atomic E-state index is 13.7. The van der Waals surface area contributed by atoms with Gasteiger partial charge in [0.1, 0.15) is 29.0 Å². The Kier molecular flexibility index (Phi) is 7.57. The molecule has 2 amide bonds. The van der Waals surface area contributed by atoms with Crippen molar-refractivity contribution in [2.45, 2.75) is 12.7 Å². The average Bonchev–Trinajstić information content (AvgIpc) is 3.34. The van der Waals surface area contributed by atoms with Crippen molar-refractivity contribution in [2.75, 3.05) is 5.32 Å². The number of alkyl halides is 3. The van der Waals surface area contributed by atoms with Crippen LogP contribution in [-0.4, -0.2) is 27.0 Å². The number of aromatic nitrogens is 3. The smallest absolute Gasteiger partial charge is 0.418 e. The van der Waals surface area contributed by atoms with Crippen LogP contribution in [0.5, 0.6) is 11.5 Å². The molecule has 0 aliphatic heterocycles. The lowest BCUT2D eigenvalue weighted by atomic mass is 10.1. The fraction of sp³-hybridized carbons (Fsp3) is 0.0833. The summed E-state index contributed by atoms with van der Waals surface area (Å²) in [5, 5.41) is 10.3. The zero-order valence-corrected chi connectivity index (χ0v) is 19.6. The molecule has 4 aromatic rings. The van der Waals surface area contributed by atoms with Gasteiger partial charge in [-0.3, -0.25) is 14.7 Å². The van der Waals surface area contributed by atoms with Crippen LogP contribution in [0.2, 0.25) is 5.02 Å². The van der Waals surface area contributed by atoms with E-state index in [1.807, 2.05) is 5.32 Å². The van der Waals surface area contributed by atoms with Crippen LogP contribution in [0.15, 0.2) is 60.7 Å². The van der Waals surface area contributed by atoms with Crippen LogP contribution in [0, 0.1) is 11.6 Å². The summed E-state index contributed by atoms with van der Waals surface area (Å²) in [4.78, 5) is 28.5. The number of carbonyl (C=O) groups excluding carboxylic acids is 2. The Balaban J connectivity index is 1.41. The lowest BCUT2D eigenvalue weighted by Crippen LogP contribution is -2.35. The van der Waals surface area contributed by atoms with Gasteiger partial charge < -0.3 is 15.4 Å². The number of nitrogens with zero attached hydrogens (tertiary/aromatic N) is 2. The first kappa shape index (κ1) is 26.5. The van der Waals surface area contributed by atoms with E-state index in [-0.39, 0.29) is 34.7 Å². The van der Waals surface area contributed by atoms with Gasteiger partial charge in [0, 0.05) is 11.6 Å². The molecule has 1 heterocycles. The van der Waals surface area contributed by atoms with E-state index in [1.165, 1.54) is 30.3 Å². The minimum absolute atomic E-state index is 0.0179. The Labute approximate surface area is 215 Å². The lowest BCUT2D eigenvalue weighted by molar-refractivity contribution is -0.138. The average molecular weight is 552 g/mol. The van der Waals surface area contributed by atoms with E-state index in [0.29, 0.717) is 11.6 Å². The van der Waals surface area contributed by atoms with E-state index in [0.717, 1.165) is 24.3 Å². The Morgan fingerprint density at radius 2 is 1.63 bits per heavy atom. The van der Waals surface area contributed by atoms with Gasteiger partial charge >= 0.3 is 18.0 Å². The molecule has 0 spiro atoms. The standard InChI is InChI=1S/C24H15ClF5N5O3/c25-17-10-15(5-7-18(17)27)38-14-6-8-19(16(9-14)24(28,29)30)32-23(37)22(36)31-11-20-33-21(35-34-20)12-1-3-13(26)4-2-12/h1-10H,11H2,(H,31,36)(H,32,37)(H,33,34,35). The van der Waals surface area contributed by atoms with Crippen LogP contribution in [0.25, 0.3) is 11.4 Å². The number of H-pyrrole nitrogens is 1. The number of anilines is 1. The van der Waals surface area contributed by atoms with Gasteiger partial charge in [-0.25, -0.2) is 13.8 Å². The second-order valence-corrected chi connectivity index (χ2v) is 8.04. The predicted molar refractivity (Wildman–Crippen MR) is 125 cm³/mol. The summed E-state index contributed by atoms with van der Waals surface area (Å²) in [6.07, 6.45) is -4.92. The minimum Gasteiger partial charge on any atom is -0.457 e. The fourth-order valence-corrected chi connectivity index (χ4v) is 3.30. The molecule has 0 saturated heterocycles. The highest BCUT2D eigenvalue weighted by molar-refractivity contribution is 6.39. The summed E-state index contributed by atoms with van der Waals surface area (Å²) in [7, 11) is 0. The molecule has 0 atom stereocenters. The Morgan fingerprint density at radius 1 is 0.947 bits per heavy atom. The summed E-state index contributed by atoms with van der Waals surface area (Å²) in [6, 6.07) is 11.2. The van der Waals surface area contributed by atoms with Gasteiger partial charge in [0.05, 0.1) is 22.8 Å². The first-order valence-electron chi connectivity index (χ1n) is 10.6. The zero-order valence-electron chi connectivity index (χ0n) is 18.9. The fourth-order valence-electron chi connectivity index (χ4n) is 3.13. The third kappa shape index (κ3) is 6.42. The van der Waals surface area contributed by atoms with Crippen molar-refractivity contribution in [3.8, 4) is 22.9 Å². The molecule has 8 nitrogen and oxygen atoms in total. The molecule has 0 unspecified atom stereocenters. The zero-order chi connectivity index (χ0) is 27.4. The van der Waals surface area contributed by atoms with Crippen molar-refractivity contribution >= 4 is 29.1 Å². The van der Waals surface area contributed by atoms with E-state index in [4.69, 9.17) is 16.3 Å².